The summed E-state index contributed by atoms with van der Waals surface area (Å²) >= 11 is 0. The lowest BCUT2D eigenvalue weighted by atomic mass is 9.84. The first-order valence-electron chi connectivity index (χ1n) is 7.03. The highest BCUT2D eigenvalue weighted by Crippen LogP contribution is 2.38. The largest absolute Gasteiger partial charge is 0.469 e. The zero-order valence-corrected chi connectivity index (χ0v) is 13.0. The van der Waals surface area contributed by atoms with Gasteiger partial charge in [0, 0.05) is 19.4 Å². The van der Waals surface area contributed by atoms with Gasteiger partial charge in [-0.1, -0.05) is 19.9 Å². The van der Waals surface area contributed by atoms with Crippen LogP contribution in [-0.2, 0) is 19.0 Å². The van der Waals surface area contributed by atoms with Gasteiger partial charge in [-0.2, -0.15) is 0 Å². The molecule has 0 spiro atoms. The Morgan fingerprint density at radius 2 is 2.15 bits per heavy atom. The topological polar surface area (TPSA) is 65.0 Å². The second-order valence-corrected chi connectivity index (χ2v) is 5.39. The Kier molecular flexibility index (Phi) is 6.17. The van der Waals surface area contributed by atoms with Crippen molar-refractivity contribution in [2.75, 3.05) is 14.2 Å². The summed E-state index contributed by atoms with van der Waals surface area (Å²) in [6.45, 7) is 5.97. The monoisotopic (exact) mass is 286 g/mol. The molecule has 1 rings (SSSR count). The molecule has 0 radical (unpaired) electrons. The molecule has 0 aromatic heterocycles. The molecule has 0 bridgehead atoms. The van der Waals surface area contributed by atoms with Crippen molar-refractivity contribution >= 4 is 5.97 Å². The fourth-order valence-electron chi connectivity index (χ4n) is 2.65. The first kappa shape index (κ1) is 17.1. The number of aliphatic hydroxyl groups excluding tert-OH is 1. The predicted molar refractivity (Wildman–Crippen MR) is 75.1 cm³/mol. The van der Waals surface area contributed by atoms with Crippen LogP contribution in [0.5, 0.6) is 0 Å². The van der Waals surface area contributed by atoms with E-state index in [4.69, 9.17) is 9.47 Å². The van der Waals surface area contributed by atoms with E-state index >= 15 is 0 Å². The second-order valence-electron chi connectivity index (χ2n) is 5.39. The number of carbonyl (C=O) groups excluding carboxylic acids is 1. The lowest BCUT2D eigenvalue weighted by Crippen LogP contribution is -2.53. The van der Waals surface area contributed by atoms with E-state index in [1.165, 1.54) is 14.2 Å². The summed E-state index contributed by atoms with van der Waals surface area (Å²) in [5, 5.41) is 10.3. The molecule has 0 aromatic rings. The molecular weight excluding hydrogens is 260 g/mol. The molecule has 1 aliphatic heterocycles. The van der Waals surface area contributed by atoms with Gasteiger partial charge in [-0.15, -0.1) is 0 Å². The lowest BCUT2D eigenvalue weighted by Gasteiger charge is -2.45. The van der Waals surface area contributed by atoms with Gasteiger partial charge in [0.15, 0.2) is 5.79 Å². The molecule has 20 heavy (non-hydrogen) atoms. The molecule has 0 aromatic carbocycles. The third-order valence-corrected chi connectivity index (χ3v) is 3.93. The molecule has 116 valence electrons. The van der Waals surface area contributed by atoms with Crippen LogP contribution in [0.1, 0.15) is 40.0 Å². The van der Waals surface area contributed by atoms with Gasteiger partial charge >= 0.3 is 5.97 Å². The predicted octanol–water partition coefficient (Wildman–Crippen LogP) is 2.03. The number of hydrogen-bond acceptors (Lipinski definition) is 5. The van der Waals surface area contributed by atoms with E-state index in [0.29, 0.717) is 0 Å². The molecule has 1 N–H and O–H groups in total. The molecule has 0 amide bonds. The normalized spacial score (nSPS) is 34.9. The van der Waals surface area contributed by atoms with Gasteiger partial charge in [0.25, 0.3) is 0 Å². The van der Waals surface area contributed by atoms with Crippen LogP contribution < -0.4 is 0 Å². The Balaban J connectivity index is 2.98. The van der Waals surface area contributed by atoms with Crippen molar-refractivity contribution in [3.05, 3.63) is 11.6 Å². The molecule has 0 saturated carbocycles. The molecular formula is C15H26O5. The zero-order chi connectivity index (χ0) is 15.3. The van der Waals surface area contributed by atoms with Gasteiger partial charge in [0.05, 0.1) is 25.7 Å². The van der Waals surface area contributed by atoms with Gasteiger partial charge in [-0.05, 0) is 18.9 Å². The van der Waals surface area contributed by atoms with Crippen LogP contribution in [0.2, 0.25) is 0 Å². The van der Waals surface area contributed by atoms with Crippen molar-refractivity contribution < 1.29 is 24.1 Å². The van der Waals surface area contributed by atoms with E-state index in [9.17, 15) is 9.90 Å². The van der Waals surface area contributed by atoms with Crippen LogP contribution in [-0.4, -0.2) is 43.3 Å². The van der Waals surface area contributed by atoms with Crippen LogP contribution in [0, 0.1) is 5.92 Å². The van der Waals surface area contributed by atoms with Gasteiger partial charge in [-0.3, -0.25) is 4.79 Å². The number of ether oxygens (including phenoxy) is 3. The number of allylic oxidation sites excluding steroid dienone is 1. The number of aliphatic hydroxyl groups is 1. The van der Waals surface area contributed by atoms with Crippen molar-refractivity contribution in [3.63, 3.8) is 0 Å². The number of methoxy groups -OCH3 is 2. The number of hydrogen-bond donors (Lipinski definition) is 1. The van der Waals surface area contributed by atoms with Crippen LogP contribution in [0.4, 0.5) is 0 Å². The lowest BCUT2D eigenvalue weighted by molar-refractivity contribution is -0.293. The van der Waals surface area contributed by atoms with Crippen molar-refractivity contribution in [2.24, 2.45) is 5.92 Å². The van der Waals surface area contributed by atoms with Crippen LogP contribution in [0.15, 0.2) is 11.6 Å². The summed E-state index contributed by atoms with van der Waals surface area (Å²) in [6.07, 6.45) is 2.35. The molecule has 1 fully saturated rings. The Morgan fingerprint density at radius 3 is 2.65 bits per heavy atom. The Hall–Kier alpha value is -0.910. The Morgan fingerprint density at radius 1 is 1.50 bits per heavy atom. The van der Waals surface area contributed by atoms with E-state index in [-0.39, 0.29) is 24.9 Å². The van der Waals surface area contributed by atoms with E-state index in [2.05, 4.69) is 10.8 Å². The molecule has 1 aliphatic rings. The summed E-state index contributed by atoms with van der Waals surface area (Å²) < 4.78 is 16.1. The fourth-order valence-corrected chi connectivity index (χ4v) is 2.65. The highest BCUT2D eigenvalue weighted by atomic mass is 16.7. The summed E-state index contributed by atoms with van der Waals surface area (Å²) in [6, 6.07) is 0. The van der Waals surface area contributed by atoms with E-state index < -0.39 is 17.9 Å². The summed E-state index contributed by atoms with van der Waals surface area (Å²) in [4.78, 5) is 11.6. The van der Waals surface area contributed by atoms with Crippen molar-refractivity contribution in [1.29, 1.82) is 0 Å². The fraction of sp³-hybridized carbons (Fsp3) is 0.800. The molecule has 0 aliphatic carbocycles. The third-order valence-electron chi connectivity index (χ3n) is 3.93. The molecule has 0 unspecified atom stereocenters. The minimum Gasteiger partial charge on any atom is -0.469 e. The summed E-state index contributed by atoms with van der Waals surface area (Å²) in [5.74, 6) is -1.57. The van der Waals surface area contributed by atoms with Gasteiger partial charge in [-0.25, -0.2) is 0 Å². The number of carbonyl (C=O) groups is 1. The Bertz CT molecular complexity index is 365. The average molecular weight is 286 g/mol. The zero-order valence-electron chi connectivity index (χ0n) is 13.0. The molecule has 1 heterocycles. The maximum absolute atomic E-state index is 11.6. The molecule has 1 saturated heterocycles. The quantitative estimate of drug-likeness (QED) is 0.619. The van der Waals surface area contributed by atoms with Gasteiger partial charge in [0.1, 0.15) is 0 Å². The van der Waals surface area contributed by atoms with E-state index in [1.807, 2.05) is 20.8 Å². The first-order valence-corrected chi connectivity index (χ1v) is 7.03. The van der Waals surface area contributed by atoms with Crippen molar-refractivity contribution in [3.8, 4) is 0 Å². The smallest absolute Gasteiger partial charge is 0.310 e. The number of esters is 1. The van der Waals surface area contributed by atoms with Crippen LogP contribution >= 0.6 is 0 Å². The highest BCUT2D eigenvalue weighted by molar-refractivity contribution is 5.70. The van der Waals surface area contributed by atoms with Crippen molar-refractivity contribution in [1.82, 2.24) is 0 Å². The molecule has 5 nitrogen and oxygen atoms in total. The van der Waals surface area contributed by atoms with E-state index in [0.717, 1.165) is 12.0 Å². The highest BCUT2D eigenvalue weighted by Gasteiger charge is 2.47. The SMILES string of the molecule is CC/C=C(\C)[C@H]1O[C@](CC(=O)OC)(OC)C[C@H](O)[C@H]1C. The second kappa shape index (κ2) is 7.20. The summed E-state index contributed by atoms with van der Waals surface area (Å²) in [5.41, 5.74) is 1.05. The number of rotatable bonds is 5. The Labute approximate surface area is 120 Å². The average Bonchev–Trinajstić information content (AvgIpc) is 2.42. The standard InChI is InChI=1S/C15H26O5/c1-6-7-10(2)14-11(3)12(16)8-15(19-5,20-14)9-13(17)18-4/h7,11-12,14,16H,6,8-9H2,1-5H3/b10-7+/t11-,12+,14-,15-/m1/s1. The maximum Gasteiger partial charge on any atom is 0.310 e. The van der Waals surface area contributed by atoms with Crippen LogP contribution in [0.25, 0.3) is 0 Å². The minimum atomic E-state index is -1.12. The van der Waals surface area contributed by atoms with Gasteiger partial charge < -0.3 is 19.3 Å². The summed E-state index contributed by atoms with van der Waals surface area (Å²) in [7, 11) is 2.81. The maximum atomic E-state index is 11.6. The first-order chi connectivity index (χ1) is 9.39. The van der Waals surface area contributed by atoms with Crippen LogP contribution in [0.3, 0.4) is 0 Å². The third kappa shape index (κ3) is 3.81. The van der Waals surface area contributed by atoms with Gasteiger partial charge in [0.2, 0.25) is 0 Å². The van der Waals surface area contributed by atoms with Crippen molar-refractivity contribution in [2.45, 2.75) is 58.0 Å². The minimum absolute atomic E-state index is 0.0281. The molecule has 4 atom stereocenters. The van der Waals surface area contributed by atoms with E-state index in [1.54, 1.807) is 0 Å². The molecule has 5 heteroatoms.